The highest BCUT2D eigenvalue weighted by Gasteiger charge is 2.26. The number of piperidine rings is 1. The van der Waals surface area contributed by atoms with Gasteiger partial charge in [0, 0.05) is 13.5 Å². The van der Waals surface area contributed by atoms with E-state index in [4.69, 9.17) is 4.52 Å². The van der Waals surface area contributed by atoms with Gasteiger partial charge in [-0.2, -0.15) is 4.98 Å². The van der Waals surface area contributed by atoms with Gasteiger partial charge in [0.05, 0.1) is 19.0 Å². The molecule has 1 atom stereocenters. The van der Waals surface area contributed by atoms with Gasteiger partial charge in [-0.3, -0.25) is 9.69 Å². The van der Waals surface area contributed by atoms with Crippen molar-refractivity contribution in [3.8, 4) is 0 Å². The van der Waals surface area contributed by atoms with Gasteiger partial charge in [-0.05, 0) is 19.4 Å². The van der Waals surface area contributed by atoms with Crippen LogP contribution in [-0.2, 0) is 11.3 Å². The minimum absolute atomic E-state index is 0.254. The molecule has 6 nitrogen and oxygen atoms in total. The number of rotatable bonds is 5. The maximum absolute atomic E-state index is 12.1. The minimum atomic E-state index is -2.51. The molecule has 0 bridgehead atoms. The maximum Gasteiger partial charge on any atom is 0.255 e. The van der Waals surface area contributed by atoms with Gasteiger partial charge in [-0.25, -0.2) is 8.78 Å². The van der Waals surface area contributed by atoms with Crippen LogP contribution in [0.15, 0.2) is 4.52 Å². The van der Waals surface area contributed by atoms with Crippen molar-refractivity contribution in [1.29, 1.82) is 0 Å². The van der Waals surface area contributed by atoms with E-state index in [9.17, 15) is 13.6 Å². The highest BCUT2D eigenvalue weighted by molar-refractivity contribution is 5.78. The van der Waals surface area contributed by atoms with Crippen molar-refractivity contribution in [3.05, 3.63) is 11.7 Å². The van der Waals surface area contributed by atoms with E-state index < -0.39 is 13.0 Å². The molecule has 112 valence electrons. The molecule has 1 N–H and O–H groups in total. The molecule has 8 heteroatoms. The first kappa shape index (κ1) is 14.8. The van der Waals surface area contributed by atoms with Crippen LogP contribution in [0.2, 0.25) is 0 Å². The Balaban J connectivity index is 1.83. The summed E-state index contributed by atoms with van der Waals surface area (Å²) in [5.74, 6) is 0.522. The lowest BCUT2D eigenvalue weighted by Crippen LogP contribution is -2.43. The molecule has 0 radical (unpaired) electrons. The van der Waals surface area contributed by atoms with Crippen molar-refractivity contribution in [2.75, 3.05) is 19.6 Å². The van der Waals surface area contributed by atoms with Crippen molar-refractivity contribution in [1.82, 2.24) is 20.4 Å². The zero-order chi connectivity index (χ0) is 14.5. The summed E-state index contributed by atoms with van der Waals surface area (Å²) in [7, 11) is 0. The first-order valence-electron chi connectivity index (χ1n) is 6.62. The van der Waals surface area contributed by atoms with Gasteiger partial charge in [-0.15, -0.1) is 0 Å². The molecule has 0 saturated carbocycles. The number of amides is 1. The normalized spacial score (nSPS) is 20.3. The van der Waals surface area contributed by atoms with E-state index in [0.29, 0.717) is 24.8 Å². The lowest BCUT2D eigenvalue weighted by molar-refractivity contribution is -0.127. The van der Waals surface area contributed by atoms with Gasteiger partial charge in [-0.1, -0.05) is 5.16 Å². The van der Waals surface area contributed by atoms with Crippen molar-refractivity contribution in [2.24, 2.45) is 5.92 Å². The maximum atomic E-state index is 12.1. The van der Waals surface area contributed by atoms with Crippen LogP contribution < -0.4 is 5.32 Å². The van der Waals surface area contributed by atoms with Crippen molar-refractivity contribution < 1.29 is 18.1 Å². The Morgan fingerprint density at radius 2 is 2.40 bits per heavy atom. The predicted molar refractivity (Wildman–Crippen MR) is 66.0 cm³/mol. The summed E-state index contributed by atoms with van der Waals surface area (Å²) in [4.78, 5) is 17.9. The fraction of sp³-hybridized carbons (Fsp3) is 0.750. The molecule has 20 heavy (non-hydrogen) atoms. The highest BCUT2D eigenvalue weighted by Crippen LogP contribution is 2.18. The summed E-state index contributed by atoms with van der Waals surface area (Å²) in [5, 5.41) is 6.09. The second-order valence-electron chi connectivity index (χ2n) is 4.94. The summed E-state index contributed by atoms with van der Waals surface area (Å²) < 4.78 is 29.0. The first-order valence-corrected chi connectivity index (χ1v) is 6.62. The molecule has 0 spiro atoms. The molecule has 1 fully saturated rings. The standard InChI is InChI=1S/C12H18F2N4O2/c1-8-16-11(17-20-8)7-18-4-2-3-9(6-18)12(19)15-5-10(13)14/h9-10H,2-7H2,1H3,(H,15,19). The van der Waals surface area contributed by atoms with Gasteiger partial charge in [0.1, 0.15) is 0 Å². The van der Waals surface area contributed by atoms with Crippen molar-refractivity contribution >= 4 is 5.91 Å². The molecule has 1 unspecified atom stereocenters. The van der Waals surface area contributed by atoms with Crippen LogP contribution in [0.1, 0.15) is 24.6 Å². The van der Waals surface area contributed by atoms with Gasteiger partial charge in [0.2, 0.25) is 11.8 Å². The van der Waals surface area contributed by atoms with E-state index in [2.05, 4.69) is 15.5 Å². The van der Waals surface area contributed by atoms with Crippen LogP contribution in [0.3, 0.4) is 0 Å². The number of halogens is 2. The average Bonchev–Trinajstić information content (AvgIpc) is 2.81. The summed E-state index contributed by atoms with van der Waals surface area (Å²) >= 11 is 0. The quantitative estimate of drug-likeness (QED) is 0.874. The molecule has 2 rings (SSSR count). The zero-order valence-electron chi connectivity index (χ0n) is 11.3. The van der Waals surface area contributed by atoms with E-state index in [0.717, 1.165) is 19.4 Å². The Labute approximate surface area is 115 Å². The number of likely N-dealkylation sites (tertiary alicyclic amines) is 1. The molecule has 1 aromatic heterocycles. The molecule has 1 saturated heterocycles. The number of nitrogens with zero attached hydrogens (tertiary/aromatic N) is 3. The topological polar surface area (TPSA) is 71.3 Å². The summed E-state index contributed by atoms with van der Waals surface area (Å²) in [6.45, 7) is 3.01. The van der Waals surface area contributed by atoms with Crippen LogP contribution in [-0.4, -0.2) is 47.0 Å². The van der Waals surface area contributed by atoms with E-state index in [-0.39, 0.29) is 11.8 Å². The van der Waals surface area contributed by atoms with E-state index in [1.807, 2.05) is 4.90 Å². The second kappa shape index (κ2) is 6.74. The molecule has 1 aliphatic heterocycles. The summed E-state index contributed by atoms with van der Waals surface area (Å²) in [6, 6.07) is 0. The molecule has 2 heterocycles. The molecular weight excluding hydrogens is 270 g/mol. The van der Waals surface area contributed by atoms with Crippen LogP contribution in [0.5, 0.6) is 0 Å². The van der Waals surface area contributed by atoms with Crippen molar-refractivity contribution in [2.45, 2.75) is 32.7 Å². The molecule has 1 amide bonds. The van der Waals surface area contributed by atoms with E-state index in [1.165, 1.54) is 0 Å². The Morgan fingerprint density at radius 1 is 1.60 bits per heavy atom. The van der Waals surface area contributed by atoms with Crippen LogP contribution in [0.25, 0.3) is 0 Å². The lowest BCUT2D eigenvalue weighted by Gasteiger charge is -2.31. The number of nitrogens with one attached hydrogen (secondary N) is 1. The summed E-state index contributed by atoms with van der Waals surface area (Å²) in [5.41, 5.74) is 0. The number of carbonyl (C=O) groups is 1. The number of carbonyl (C=O) groups excluding carboxylic acids is 1. The molecule has 1 aromatic rings. The largest absolute Gasteiger partial charge is 0.350 e. The van der Waals surface area contributed by atoms with Crippen LogP contribution in [0, 0.1) is 12.8 Å². The Hall–Kier alpha value is -1.57. The summed E-state index contributed by atoms with van der Waals surface area (Å²) in [6.07, 6.45) is -0.943. The fourth-order valence-electron chi connectivity index (χ4n) is 2.34. The minimum Gasteiger partial charge on any atom is -0.350 e. The number of hydrogen-bond donors (Lipinski definition) is 1. The number of aromatic nitrogens is 2. The van der Waals surface area contributed by atoms with E-state index >= 15 is 0 Å². The van der Waals surface area contributed by atoms with Gasteiger partial charge in [0.15, 0.2) is 5.82 Å². The molecule has 0 aromatic carbocycles. The third-order valence-electron chi connectivity index (χ3n) is 3.24. The van der Waals surface area contributed by atoms with Crippen molar-refractivity contribution in [3.63, 3.8) is 0 Å². The Bertz CT molecular complexity index is 452. The van der Waals surface area contributed by atoms with Crippen LogP contribution >= 0.6 is 0 Å². The van der Waals surface area contributed by atoms with E-state index in [1.54, 1.807) is 6.92 Å². The third-order valence-corrected chi connectivity index (χ3v) is 3.24. The van der Waals surface area contributed by atoms with Crippen LogP contribution in [0.4, 0.5) is 8.78 Å². The molecule has 0 aliphatic carbocycles. The first-order chi connectivity index (χ1) is 9.54. The Morgan fingerprint density at radius 3 is 3.05 bits per heavy atom. The number of aryl methyl sites for hydroxylation is 1. The SMILES string of the molecule is Cc1nc(CN2CCCC(C(=O)NCC(F)F)C2)no1. The molecular formula is C12H18F2N4O2. The number of hydrogen-bond acceptors (Lipinski definition) is 5. The van der Waals surface area contributed by atoms with Gasteiger partial charge in [0.25, 0.3) is 6.43 Å². The predicted octanol–water partition coefficient (Wildman–Crippen LogP) is 0.971. The molecule has 1 aliphatic rings. The Kier molecular flexibility index (Phi) is 4.99. The third kappa shape index (κ3) is 4.22. The highest BCUT2D eigenvalue weighted by atomic mass is 19.3. The monoisotopic (exact) mass is 288 g/mol. The lowest BCUT2D eigenvalue weighted by atomic mass is 9.97. The van der Waals surface area contributed by atoms with Gasteiger partial charge < -0.3 is 9.84 Å². The van der Waals surface area contributed by atoms with Gasteiger partial charge >= 0.3 is 0 Å². The second-order valence-corrected chi connectivity index (χ2v) is 4.94. The number of alkyl halides is 2. The zero-order valence-corrected chi connectivity index (χ0v) is 11.3. The smallest absolute Gasteiger partial charge is 0.255 e. The average molecular weight is 288 g/mol. The fourth-order valence-corrected chi connectivity index (χ4v) is 2.34.